The third-order valence-corrected chi connectivity index (χ3v) is 2.53. The number of piperidine rings is 1. The molecular weight excluding hydrogens is 154 g/mol. The van der Waals surface area contributed by atoms with Crippen molar-refractivity contribution in [2.45, 2.75) is 32.7 Å². The molecule has 0 N–H and O–H groups in total. The zero-order valence-corrected chi connectivity index (χ0v) is 8.04. The zero-order chi connectivity index (χ0) is 9.14. The summed E-state index contributed by atoms with van der Waals surface area (Å²) < 4.78 is 4.70. The van der Waals surface area contributed by atoms with Crippen LogP contribution in [0.4, 0.5) is 4.79 Å². The van der Waals surface area contributed by atoms with Crippen LogP contribution in [0.25, 0.3) is 0 Å². The van der Waals surface area contributed by atoms with Crippen LogP contribution in [0.15, 0.2) is 0 Å². The van der Waals surface area contributed by atoms with Gasteiger partial charge in [-0.25, -0.2) is 4.79 Å². The fraction of sp³-hybridized carbons (Fsp3) is 0.889. The maximum Gasteiger partial charge on any atom is 0.409 e. The maximum atomic E-state index is 11.2. The highest BCUT2D eigenvalue weighted by atomic mass is 16.5. The van der Waals surface area contributed by atoms with Crippen LogP contribution in [-0.2, 0) is 4.74 Å². The third kappa shape index (κ3) is 1.90. The van der Waals surface area contributed by atoms with Crippen LogP contribution in [0, 0.1) is 5.92 Å². The van der Waals surface area contributed by atoms with Gasteiger partial charge in [-0.3, -0.25) is 0 Å². The predicted molar refractivity (Wildman–Crippen MR) is 47.0 cm³/mol. The summed E-state index contributed by atoms with van der Waals surface area (Å²) in [5.74, 6) is 0.611. The molecule has 1 rings (SSSR count). The number of nitrogens with zero attached hydrogens (tertiary/aromatic N) is 1. The number of amides is 1. The van der Waals surface area contributed by atoms with E-state index < -0.39 is 0 Å². The van der Waals surface area contributed by atoms with E-state index >= 15 is 0 Å². The Morgan fingerprint density at radius 2 is 2.08 bits per heavy atom. The van der Waals surface area contributed by atoms with Gasteiger partial charge in [0.25, 0.3) is 0 Å². The average molecular weight is 171 g/mol. The Labute approximate surface area is 73.7 Å². The van der Waals surface area contributed by atoms with Crippen molar-refractivity contribution in [3.05, 3.63) is 0 Å². The van der Waals surface area contributed by atoms with E-state index in [9.17, 15) is 4.79 Å². The third-order valence-electron chi connectivity index (χ3n) is 2.53. The number of ether oxygens (including phenoxy) is 1. The van der Waals surface area contributed by atoms with E-state index in [-0.39, 0.29) is 6.09 Å². The van der Waals surface area contributed by atoms with Crippen molar-refractivity contribution in [2.75, 3.05) is 13.7 Å². The number of methoxy groups -OCH3 is 1. The molecule has 12 heavy (non-hydrogen) atoms. The zero-order valence-electron chi connectivity index (χ0n) is 8.04. The fourth-order valence-electron chi connectivity index (χ4n) is 1.66. The van der Waals surface area contributed by atoms with E-state index in [1.165, 1.54) is 13.5 Å². The van der Waals surface area contributed by atoms with Crippen LogP contribution in [0.3, 0.4) is 0 Å². The molecule has 0 bridgehead atoms. The molecule has 0 aromatic rings. The van der Waals surface area contributed by atoms with Gasteiger partial charge in [0.15, 0.2) is 0 Å². The van der Waals surface area contributed by atoms with E-state index in [1.807, 2.05) is 4.90 Å². The minimum absolute atomic E-state index is 0.186. The molecule has 1 aliphatic rings. The van der Waals surface area contributed by atoms with E-state index in [0.717, 1.165) is 13.0 Å². The summed E-state index contributed by atoms with van der Waals surface area (Å²) in [6.07, 6.45) is 2.12. The highest BCUT2D eigenvalue weighted by Crippen LogP contribution is 2.21. The van der Waals surface area contributed by atoms with Gasteiger partial charge in [0, 0.05) is 12.6 Å². The molecule has 0 aliphatic carbocycles. The van der Waals surface area contributed by atoms with Gasteiger partial charge in [-0.1, -0.05) is 6.92 Å². The quantitative estimate of drug-likeness (QED) is 0.557. The van der Waals surface area contributed by atoms with Crippen molar-refractivity contribution in [1.29, 1.82) is 0 Å². The molecule has 3 nitrogen and oxygen atoms in total. The molecule has 0 radical (unpaired) electrons. The van der Waals surface area contributed by atoms with E-state index in [4.69, 9.17) is 4.74 Å². The number of carbonyl (C=O) groups excluding carboxylic acids is 1. The molecule has 0 aromatic heterocycles. The minimum atomic E-state index is -0.186. The lowest BCUT2D eigenvalue weighted by atomic mass is 9.96. The number of likely N-dealkylation sites (tertiary alicyclic amines) is 1. The summed E-state index contributed by atoms with van der Waals surface area (Å²) in [5, 5.41) is 0. The molecule has 0 spiro atoms. The Morgan fingerprint density at radius 3 is 2.67 bits per heavy atom. The second kappa shape index (κ2) is 3.78. The topological polar surface area (TPSA) is 29.5 Å². The SMILES string of the molecule is COC(=O)N1CC(C)CCC1C. The first-order chi connectivity index (χ1) is 5.65. The summed E-state index contributed by atoms with van der Waals surface area (Å²) in [4.78, 5) is 13.0. The molecule has 2 unspecified atom stereocenters. The summed E-state index contributed by atoms with van der Waals surface area (Å²) in [6.45, 7) is 5.08. The molecule has 1 heterocycles. The Kier molecular flexibility index (Phi) is 2.95. The fourth-order valence-corrected chi connectivity index (χ4v) is 1.66. The highest BCUT2D eigenvalue weighted by Gasteiger charge is 2.27. The van der Waals surface area contributed by atoms with Gasteiger partial charge >= 0.3 is 6.09 Å². The number of rotatable bonds is 0. The lowest BCUT2D eigenvalue weighted by molar-refractivity contribution is 0.0809. The molecule has 1 fully saturated rings. The first-order valence-corrected chi connectivity index (χ1v) is 4.49. The van der Waals surface area contributed by atoms with Crippen LogP contribution < -0.4 is 0 Å². The normalized spacial score (nSPS) is 30.1. The summed E-state index contributed by atoms with van der Waals surface area (Å²) in [5.41, 5.74) is 0. The summed E-state index contributed by atoms with van der Waals surface area (Å²) >= 11 is 0. The predicted octanol–water partition coefficient (Wildman–Crippen LogP) is 1.87. The van der Waals surface area contributed by atoms with E-state index in [0.29, 0.717) is 12.0 Å². The van der Waals surface area contributed by atoms with Crippen LogP contribution >= 0.6 is 0 Å². The van der Waals surface area contributed by atoms with E-state index in [2.05, 4.69) is 13.8 Å². The van der Waals surface area contributed by atoms with Crippen molar-refractivity contribution in [1.82, 2.24) is 4.90 Å². The average Bonchev–Trinajstić information content (AvgIpc) is 2.08. The van der Waals surface area contributed by atoms with Gasteiger partial charge in [0.2, 0.25) is 0 Å². The van der Waals surface area contributed by atoms with Gasteiger partial charge in [-0.2, -0.15) is 0 Å². The van der Waals surface area contributed by atoms with Gasteiger partial charge in [-0.05, 0) is 25.7 Å². The molecule has 1 amide bonds. The Hall–Kier alpha value is -0.730. The van der Waals surface area contributed by atoms with Crippen LogP contribution in [-0.4, -0.2) is 30.7 Å². The number of hydrogen-bond donors (Lipinski definition) is 0. The van der Waals surface area contributed by atoms with Crippen molar-refractivity contribution >= 4 is 6.09 Å². The van der Waals surface area contributed by atoms with Crippen molar-refractivity contribution in [2.24, 2.45) is 5.92 Å². The second-order valence-corrected chi connectivity index (χ2v) is 3.65. The van der Waals surface area contributed by atoms with Crippen molar-refractivity contribution < 1.29 is 9.53 Å². The van der Waals surface area contributed by atoms with Gasteiger partial charge in [0.05, 0.1) is 7.11 Å². The van der Waals surface area contributed by atoms with Crippen molar-refractivity contribution in [3.8, 4) is 0 Å². The van der Waals surface area contributed by atoms with Gasteiger partial charge in [-0.15, -0.1) is 0 Å². The maximum absolute atomic E-state index is 11.2. The van der Waals surface area contributed by atoms with Crippen LogP contribution in [0.1, 0.15) is 26.7 Å². The summed E-state index contributed by atoms with van der Waals surface area (Å²) in [6, 6.07) is 0.341. The Balaban J connectivity index is 2.54. The monoisotopic (exact) mass is 171 g/mol. The molecule has 1 saturated heterocycles. The summed E-state index contributed by atoms with van der Waals surface area (Å²) in [7, 11) is 1.44. The smallest absolute Gasteiger partial charge is 0.409 e. The standard InChI is InChI=1S/C9H17NO2/c1-7-4-5-8(2)10(6-7)9(11)12-3/h7-8H,4-6H2,1-3H3. The Bertz CT molecular complexity index is 170. The van der Waals surface area contributed by atoms with Crippen LogP contribution in [0.2, 0.25) is 0 Å². The lowest BCUT2D eigenvalue weighted by Crippen LogP contribution is -2.44. The van der Waals surface area contributed by atoms with Crippen molar-refractivity contribution in [3.63, 3.8) is 0 Å². The molecule has 2 atom stereocenters. The second-order valence-electron chi connectivity index (χ2n) is 3.65. The number of carbonyl (C=O) groups is 1. The largest absolute Gasteiger partial charge is 0.453 e. The molecule has 0 aromatic carbocycles. The van der Waals surface area contributed by atoms with E-state index in [1.54, 1.807) is 0 Å². The van der Waals surface area contributed by atoms with Gasteiger partial charge in [0.1, 0.15) is 0 Å². The first-order valence-electron chi connectivity index (χ1n) is 4.49. The molecule has 1 aliphatic heterocycles. The Morgan fingerprint density at radius 1 is 1.42 bits per heavy atom. The number of hydrogen-bond acceptors (Lipinski definition) is 2. The minimum Gasteiger partial charge on any atom is -0.453 e. The molecule has 0 saturated carbocycles. The highest BCUT2D eigenvalue weighted by molar-refractivity contribution is 5.67. The van der Waals surface area contributed by atoms with Crippen LogP contribution in [0.5, 0.6) is 0 Å². The first kappa shape index (κ1) is 9.36. The molecule has 70 valence electrons. The molecular formula is C9H17NO2. The molecule has 3 heteroatoms. The van der Waals surface area contributed by atoms with Gasteiger partial charge < -0.3 is 9.64 Å². The lowest BCUT2D eigenvalue weighted by Gasteiger charge is -2.35.